The lowest BCUT2D eigenvalue weighted by molar-refractivity contribution is -0.137. The first-order chi connectivity index (χ1) is 37.3. The standard InChI is InChI=1S/C24H25FN2OS.C18H19BrFN.C12H14ClF.C9H9FO2.C2H6/c1-16-13-21(27-11-9-22-19(15-27)10-12-29-22)14-17(2)24(16)26-23(28)8-5-18-3-6-20(25)7-4-18;1-12-10-16(19)11-13(2)18(12)21-14(3)4-5-15-6-8-17(20)9-7-15;1-3-11(13)6-4-10-5-7-12(14)8-9(10)2;10-8-4-1-7(2-5-8)3-6-9(11)12;1-2/h3-4,6-7,10,12-14H,5,8-9,11,15H2,1-2H3,(H,26,28);6-11,21H,3-5H2,1-2H3;3,5,7-8H,4,6H2,1-2H3;1-2,4-5H,3,6H2,(H,11,12);1-2H3/b;;11-3-;;. The number of allylic oxidation sites excluding steroid dienone is 3. The number of amides is 1. The van der Waals surface area contributed by atoms with Crippen LogP contribution in [0.3, 0.4) is 0 Å². The van der Waals surface area contributed by atoms with Gasteiger partial charge in [-0.15, -0.1) is 11.3 Å². The molecule has 0 fully saturated rings. The number of carboxylic acids is 1. The third kappa shape index (κ3) is 22.1. The highest BCUT2D eigenvalue weighted by molar-refractivity contribution is 9.10. The molecule has 0 saturated heterocycles. The van der Waals surface area contributed by atoms with Crippen LogP contribution in [0.15, 0.2) is 155 Å². The predicted molar refractivity (Wildman–Crippen MR) is 322 cm³/mol. The molecule has 1 amide bonds. The number of anilines is 3. The number of aryl methyl sites for hydroxylation is 9. The van der Waals surface area contributed by atoms with E-state index < -0.39 is 5.97 Å². The molecule has 7 aromatic rings. The maximum atomic E-state index is 13.0. The lowest BCUT2D eigenvalue weighted by Crippen LogP contribution is -2.29. The van der Waals surface area contributed by atoms with Gasteiger partial charge in [0, 0.05) is 63.1 Å². The van der Waals surface area contributed by atoms with Gasteiger partial charge in [-0.1, -0.05) is 96.5 Å². The summed E-state index contributed by atoms with van der Waals surface area (Å²) in [5, 5.41) is 17.9. The number of nitrogens with zero attached hydrogens (tertiary/aromatic N) is 1. The van der Waals surface area contributed by atoms with E-state index in [1.807, 2.05) is 77.2 Å². The number of thiophene rings is 1. The van der Waals surface area contributed by atoms with Crippen molar-refractivity contribution in [1.29, 1.82) is 0 Å². The second-order valence-electron chi connectivity index (χ2n) is 18.8. The molecule has 0 spiro atoms. The van der Waals surface area contributed by atoms with Gasteiger partial charge < -0.3 is 20.6 Å². The second-order valence-corrected chi connectivity index (χ2v) is 21.2. The molecule has 0 atom stereocenters. The molecule has 0 aliphatic carbocycles. The summed E-state index contributed by atoms with van der Waals surface area (Å²) in [6, 6.07) is 34.4. The Bertz CT molecular complexity index is 3020. The highest BCUT2D eigenvalue weighted by Crippen LogP contribution is 2.33. The van der Waals surface area contributed by atoms with Gasteiger partial charge in [0.1, 0.15) is 23.3 Å². The van der Waals surface area contributed by atoms with Crippen LogP contribution in [0.4, 0.5) is 34.6 Å². The quantitative estimate of drug-likeness (QED) is 0.0840. The second kappa shape index (κ2) is 33.1. The van der Waals surface area contributed by atoms with Crippen LogP contribution in [0.2, 0.25) is 0 Å². The van der Waals surface area contributed by atoms with E-state index in [2.05, 4.69) is 87.6 Å². The third-order valence-electron chi connectivity index (χ3n) is 12.7. The number of hydrogen-bond donors (Lipinski definition) is 3. The zero-order valence-corrected chi connectivity index (χ0v) is 49.2. The Hall–Kier alpha value is -6.47. The summed E-state index contributed by atoms with van der Waals surface area (Å²) in [6.45, 7) is 22.1. The first-order valence-corrected chi connectivity index (χ1v) is 28.3. The Morgan fingerprint density at radius 3 is 1.62 bits per heavy atom. The van der Waals surface area contributed by atoms with Crippen LogP contribution in [-0.4, -0.2) is 23.5 Å². The minimum absolute atomic E-state index is 0.0193. The average molecular weight is 1170 g/mol. The van der Waals surface area contributed by atoms with Crippen LogP contribution < -0.4 is 15.5 Å². The van der Waals surface area contributed by atoms with Gasteiger partial charge in [0.25, 0.3) is 0 Å². The van der Waals surface area contributed by atoms with Crippen LogP contribution in [0.5, 0.6) is 0 Å². The number of aliphatic carboxylic acids is 1. The van der Waals surface area contributed by atoms with Crippen molar-refractivity contribution in [3.63, 3.8) is 0 Å². The Labute approximate surface area is 477 Å². The lowest BCUT2D eigenvalue weighted by Gasteiger charge is -2.30. The minimum Gasteiger partial charge on any atom is -0.481 e. The van der Waals surface area contributed by atoms with Crippen molar-refractivity contribution in [1.82, 2.24) is 0 Å². The predicted octanol–water partition coefficient (Wildman–Crippen LogP) is 18.5. The molecule has 2 heterocycles. The van der Waals surface area contributed by atoms with Crippen LogP contribution in [-0.2, 0) is 48.2 Å². The summed E-state index contributed by atoms with van der Waals surface area (Å²) < 4.78 is 52.1. The molecule has 0 bridgehead atoms. The highest BCUT2D eigenvalue weighted by atomic mass is 79.9. The molecule has 3 N–H and O–H groups in total. The lowest BCUT2D eigenvalue weighted by atomic mass is 10.0. The minimum atomic E-state index is -0.834. The van der Waals surface area contributed by atoms with Gasteiger partial charge in [-0.3, -0.25) is 9.59 Å². The average Bonchev–Trinajstić information content (AvgIpc) is 3.90. The molecule has 1 aromatic heterocycles. The van der Waals surface area contributed by atoms with Crippen molar-refractivity contribution < 1.29 is 32.3 Å². The fourth-order valence-electron chi connectivity index (χ4n) is 8.43. The first-order valence-electron chi connectivity index (χ1n) is 26.2. The van der Waals surface area contributed by atoms with Crippen LogP contribution in [0.25, 0.3) is 0 Å². The van der Waals surface area contributed by atoms with Gasteiger partial charge in [0.15, 0.2) is 0 Å². The van der Waals surface area contributed by atoms with Gasteiger partial charge in [0.05, 0.1) is 0 Å². The number of carbonyl (C=O) groups excluding carboxylic acids is 1. The number of hydrogen-bond acceptors (Lipinski definition) is 5. The molecule has 78 heavy (non-hydrogen) atoms. The van der Waals surface area contributed by atoms with E-state index in [0.29, 0.717) is 19.3 Å². The fraction of sp³-hybridized carbons (Fsp3) is 0.292. The summed E-state index contributed by atoms with van der Waals surface area (Å²) in [7, 11) is 0. The number of carbonyl (C=O) groups is 2. The maximum absolute atomic E-state index is 13.0. The zero-order chi connectivity index (χ0) is 57.3. The Morgan fingerprint density at radius 1 is 0.641 bits per heavy atom. The first kappa shape index (κ1) is 64.1. The van der Waals surface area contributed by atoms with Gasteiger partial charge in [-0.2, -0.15) is 0 Å². The summed E-state index contributed by atoms with van der Waals surface area (Å²) in [4.78, 5) is 26.5. The zero-order valence-electron chi connectivity index (χ0n) is 46.1. The van der Waals surface area contributed by atoms with Crippen molar-refractivity contribution in [2.75, 3.05) is 22.1 Å². The van der Waals surface area contributed by atoms with E-state index in [9.17, 15) is 27.2 Å². The molecule has 1 aliphatic rings. The van der Waals surface area contributed by atoms with Gasteiger partial charge in [0.2, 0.25) is 5.91 Å². The van der Waals surface area contributed by atoms with Crippen molar-refractivity contribution in [3.05, 3.63) is 238 Å². The molecular formula is C65H73BrClF4N3O3S. The number of carboxylic acid groups (broad SMARTS) is 1. The number of benzene rings is 6. The molecule has 0 radical (unpaired) electrons. The molecule has 0 saturated carbocycles. The number of halogens is 6. The molecule has 6 nitrogen and oxygen atoms in total. The molecule has 6 aromatic carbocycles. The smallest absolute Gasteiger partial charge is 0.303 e. The van der Waals surface area contributed by atoms with Crippen molar-refractivity contribution in [3.8, 4) is 0 Å². The highest BCUT2D eigenvalue weighted by Gasteiger charge is 2.19. The molecule has 1 aliphatic heterocycles. The Balaban J connectivity index is 0.000000235. The Morgan fingerprint density at radius 2 is 1.12 bits per heavy atom. The molecule has 414 valence electrons. The monoisotopic (exact) mass is 1170 g/mol. The molecule has 8 rings (SSSR count). The summed E-state index contributed by atoms with van der Waals surface area (Å²) in [5.41, 5.74) is 15.2. The van der Waals surface area contributed by atoms with E-state index in [1.165, 1.54) is 69.7 Å². The van der Waals surface area contributed by atoms with E-state index in [-0.39, 0.29) is 35.6 Å². The van der Waals surface area contributed by atoms with E-state index in [1.54, 1.807) is 30.3 Å². The SMILES string of the molecule is C/C=C(\Cl)CCc1ccc(F)cc1C.C=C(CCc1ccc(F)cc1)Nc1c(C)cc(Br)cc1C.CC.Cc1cc(N2CCc3sccc3C2)cc(C)c1NC(=O)CCc1ccc(F)cc1.O=C(O)CCc1ccc(F)cc1. The van der Waals surface area contributed by atoms with Gasteiger partial charge in [-0.25, -0.2) is 17.6 Å². The number of fused-ring (bicyclic) bond motifs is 1. The largest absolute Gasteiger partial charge is 0.481 e. The molecule has 0 unspecified atom stereocenters. The summed E-state index contributed by atoms with van der Waals surface area (Å²) in [5.74, 6) is -1.78. The van der Waals surface area contributed by atoms with Crippen molar-refractivity contribution in [2.45, 2.75) is 120 Å². The topological polar surface area (TPSA) is 81.7 Å². The fourth-order valence-corrected chi connectivity index (χ4v) is 10.1. The maximum Gasteiger partial charge on any atom is 0.303 e. The van der Waals surface area contributed by atoms with E-state index in [4.69, 9.17) is 16.7 Å². The van der Waals surface area contributed by atoms with E-state index in [0.717, 1.165) is 111 Å². The van der Waals surface area contributed by atoms with Gasteiger partial charge >= 0.3 is 5.97 Å². The van der Waals surface area contributed by atoms with Crippen LogP contribution in [0, 0.1) is 57.9 Å². The van der Waals surface area contributed by atoms with Crippen LogP contribution >= 0.6 is 38.9 Å². The number of rotatable bonds is 16. The molecule has 13 heteroatoms. The Kier molecular flexibility index (Phi) is 27.2. The summed E-state index contributed by atoms with van der Waals surface area (Å²) >= 11 is 11.2. The van der Waals surface area contributed by atoms with Gasteiger partial charge in [-0.05, 0) is 226 Å². The van der Waals surface area contributed by atoms with Crippen molar-refractivity contribution >= 4 is 67.8 Å². The van der Waals surface area contributed by atoms with Crippen molar-refractivity contribution in [2.24, 2.45) is 0 Å². The summed E-state index contributed by atoms with van der Waals surface area (Å²) in [6.07, 6.45) is 7.86. The van der Waals surface area contributed by atoms with Crippen LogP contribution in [0.1, 0.15) is 107 Å². The molecular weight excluding hydrogens is 1090 g/mol. The normalized spacial score (nSPS) is 11.5. The number of nitrogens with one attached hydrogen (secondary N) is 2. The van der Waals surface area contributed by atoms with E-state index >= 15 is 0 Å². The third-order valence-corrected chi connectivity index (χ3v) is 14.6.